The molecule has 7 heteroatoms. The lowest BCUT2D eigenvalue weighted by atomic mass is 9.64. The molecule has 4 atom stereocenters. The Hall–Kier alpha value is -4.88. The molecule has 0 aromatic heterocycles. The van der Waals surface area contributed by atoms with Crippen LogP contribution in [0, 0.1) is 17.8 Å². The highest BCUT2D eigenvalue weighted by molar-refractivity contribution is 6.03. The van der Waals surface area contributed by atoms with Crippen LogP contribution in [0.15, 0.2) is 121 Å². The summed E-state index contributed by atoms with van der Waals surface area (Å²) in [4.78, 5) is 51.9. The number of carbonyl (C=O) groups excluding carboxylic acids is 4. The molecule has 0 saturated heterocycles. The van der Waals surface area contributed by atoms with E-state index in [0.29, 0.717) is 12.0 Å². The minimum Gasteiger partial charge on any atom is -0.465 e. The lowest BCUT2D eigenvalue weighted by Crippen LogP contribution is -2.51. The van der Waals surface area contributed by atoms with Crippen LogP contribution in [0.5, 0.6) is 0 Å². The molecule has 0 N–H and O–H groups in total. The van der Waals surface area contributed by atoms with Gasteiger partial charge in [-0.25, -0.2) is 4.79 Å². The Bertz CT molecular complexity index is 1540. The molecule has 1 aliphatic rings. The molecule has 0 radical (unpaired) electrons. The van der Waals surface area contributed by atoms with Crippen LogP contribution in [-0.4, -0.2) is 42.8 Å². The van der Waals surface area contributed by atoms with Crippen LogP contribution in [0.3, 0.4) is 0 Å². The average molecular weight is 633 g/mol. The van der Waals surface area contributed by atoms with Crippen molar-refractivity contribution in [1.29, 1.82) is 0 Å². The minimum atomic E-state index is -1.20. The van der Waals surface area contributed by atoms with Crippen LogP contribution < -0.4 is 0 Å². The van der Waals surface area contributed by atoms with Crippen LogP contribution in [-0.2, 0) is 34.2 Å². The first-order valence-corrected chi connectivity index (χ1v) is 16.1. The van der Waals surface area contributed by atoms with Crippen molar-refractivity contribution in [2.75, 3.05) is 13.2 Å². The number of hydrogen-bond donors (Lipinski definition) is 0. The van der Waals surface area contributed by atoms with Crippen molar-refractivity contribution in [3.8, 4) is 0 Å². The molecule has 1 saturated carbocycles. The summed E-state index contributed by atoms with van der Waals surface area (Å²) in [7, 11) is 0. The van der Waals surface area contributed by atoms with Gasteiger partial charge in [0.2, 0.25) is 0 Å². The maximum Gasteiger partial charge on any atom is 0.338 e. The second kappa shape index (κ2) is 15.6. The third kappa shape index (κ3) is 7.58. The summed E-state index contributed by atoms with van der Waals surface area (Å²) in [5, 5.41) is 0. The number of hydrogen-bond acceptors (Lipinski definition) is 7. The second-order valence-electron chi connectivity index (χ2n) is 11.8. The lowest BCUT2D eigenvalue weighted by Gasteiger charge is -2.44. The topological polar surface area (TPSA) is 96.0 Å². The van der Waals surface area contributed by atoms with Crippen LogP contribution in [0.1, 0.15) is 60.2 Å². The molecule has 1 unspecified atom stereocenters. The Morgan fingerprint density at radius 2 is 1.23 bits per heavy atom. The molecule has 0 bridgehead atoms. The number of ketones is 2. The third-order valence-electron chi connectivity index (χ3n) is 8.83. The van der Waals surface area contributed by atoms with Crippen molar-refractivity contribution in [3.63, 3.8) is 0 Å². The van der Waals surface area contributed by atoms with Crippen LogP contribution in [0.25, 0.3) is 0 Å². The molecule has 0 amide bonds. The van der Waals surface area contributed by atoms with E-state index in [9.17, 15) is 19.2 Å². The van der Waals surface area contributed by atoms with Gasteiger partial charge in [0.25, 0.3) is 0 Å². The van der Waals surface area contributed by atoms with Gasteiger partial charge in [-0.3, -0.25) is 14.4 Å². The summed E-state index contributed by atoms with van der Waals surface area (Å²) in [5.74, 6) is -4.07. The molecule has 1 fully saturated rings. The van der Waals surface area contributed by atoms with E-state index in [1.54, 1.807) is 31.2 Å². The zero-order chi connectivity index (χ0) is 33.2. The van der Waals surface area contributed by atoms with Gasteiger partial charge in [0.15, 0.2) is 5.78 Å². The van der Waals surface area contributed by atoms with E-state index in [1.807, 2.05) is 97.1 Å². The molecule has 5 rings (SSSR count). The van der Waals surface area contributed by atoms with Crippen LogP contribution in [0.4, 0.5) is 0 Å². The highest BCUT2D eigenvalue weighted by Gasteiger charge is 2.50. The first kappa shape index (κ1) is 33.5. The average Bonchev–Trinajstić information content (AvgIpc) is 3.10. The summed E-state index contributed by atoms with van der Waals surface area (Å²) in [6, 6.07) is 38.6. The monoisotopic (exact) mass is 632 g/mol. The highest BCUT2D eigenvalue weighted by atomic mass is 16.5. The Balaban J connectivity index is 1.45. The highest BCUT2D eigenvalue weighted by Crippen LogP contribution is 2.45. The fourth-order valence-electron chi connectivity index (χ4n) is 6.50. The van der Waals surface area contributed by atoms with E-state index in [1.165, 1.54) is 6.92 Å². The minimum absolute atomic E-state index is 0.0975. The SMILES string of the molecule is CCOC(=O)C(CC(C)=O)C(=O)[C@H]1C[C@H](OC(=O)c2ccccc2)[C@@H]1CCOC(c1ccccc1)(c1ccccc1)c1ccccc1. The maximum absolute atomic E-state index is 13.9. The number of benzene rings is 4. The first-order valence-electron chi connectivity index (χ1n) is 16.1. The van der Waals surface area contributed by atoms with E-state index >= 15 is 0 Å². The Labute approximate surface area is 275 Å². The van der Waals surface area contributed by atoms with Crippen molar-refractivity contribution in [2.45, 2.75) is 44.8 Å². The molecular weight excluding hydrogens is 592 g/mol. The molecule has 0 aliphatic heterocycles. The van der Waals surface area contributed by atoms with E-state index < -0.39 is 41.4 Å². The summed E-state index contributed by atoms with van der Waals surface area (Å²) >= 11 is 0. The molecular formula is C40H40O7. The fraction of sp³-hybridized carbons (Fsp3) is 0.300. The van der Waals surface area contributed by atoms with Crippen molar-refractivity contribution in [2.24, 2.45) is 17.8 Å². The quantitative estimate of drug-likeness (QED) is 0.0793. The molecule has 4 aromatic rings. The molecule has 0 spiro atoms. The van der Waals surface area contributed by atoms with E-state index in [4.69, 9.17) is 14.2 Å². The van der Waals surface area contributed by atoms with Crippen LogP contribution >= 0.6 is 0 Å². The van der Waals surface area contributed by atoms with E-state index in [-0.39, 0.29) is 37.6 Å². The standard InChI is InChI=1S/C40H40O7/c1-3-45-39(44)35(26-28(2)41)37(42)34-27-36(47-38(43)29-16-8-4-9-17-29)33(34)24-25-46-40(30-18-10-5-11-19-30,31-20-12-6-13-21-31)32-22-14-7-15-23-32/h4-23,33-36H,3,24-27H2,1-2H3/t33-,34+,35?,36+/m1/s1. The zero-order valence-corrected chi connectivity index (χ0v) is 26.7. The molecule has 4 aromatic carbocycles. The van der Waals surface area contributed by atoms with Crippen molar-refractivity contribution < 1.29 is 33.4 Å². The van der Waals surface area contributed by atoms with Gasteiger partial charge in [-0.1, -0.05) is 109 Å². The van der Waals surface area contributed by atoms with Crippen LogP contribution in [0.2, 0.25) is 0 Å². The van der Waals surface area contributed by atoms with Crippen molar-refractivity contribution in [3.05, 3.63) is 144 Å². The Morgan fingerprint density at radius 3 is 1.70 bits per heavy atom. The van der Waals surface area contributed by atoms with E-state index in [2.05, 4.69) is 0 Å². The normalized spacial score (nSPS) is 18.0. The summed E-state index contributed by atoms with van der Waals surface area (Å²) in [6.07, 6.45) is -0.185. The Kier molecular flexibility index (Phi) is 11.1. The predicted molar refractivity (Wildman–Crippen MR) is 177 cm³/mol. The number of carbonyl (C=O) groups is 4. The number of rotatable bonds is 15. The maximum atomic E-state index is 13.9. The van der Waals surface area contributed by atoms with Gasteiger partial charge in [0.1, 0.15) is 23.4 Å². The number of esters is 2. The molecule has 7 nitrogen and oxygen atoms in total. The molecule has 1 aliphatic carbocycles. The molecule has 0 heterocycles. The number of ether oxygens (including phenoxy) is 3. The van der Waals surface area contributed by atoms with Gasteiger partial charge in [-0.2, -0.15) is 0 Å². The summed E-state index contributed by atoms with van der Waals surface area (Å²) in [6.45, 7) is 3.32. The van der Waals surface area contributed by atoms with Gasteiger partial charge in [0.05, 0.1) is 12.2 Å². The van der Waals surface area contributed by atoms with E-state index in [0.717, 1.165) is 16.7 Å². The second-order valence-corrected chi connectivity index (χ2v) is 11.8. The molecule has 47 heavy (non-hydrogen) atoms. The third-order valence-corrected chi connectivity index (χ3v) is 8.83. The van der Waals surface area contributed by atoms with Crippen molar-refractivity contribution >= 4 is 23.5 Å². The summed E-state index contributed by atoms with van der Waals surface area (Å²) in [5.41, 5.74) is 2.26. The fourth-order valence-corrected chi connectivity index (χ4v) is 6.50. The van der Waals surface area contributed by atoms with Gasteiger partial charge in [0, 0.05) is 24.9 Å². The van der Waals surface area contributed by atoms with Crippen molar-refractivity contribution in [1.82, 2.24) is 0 Å². The van der Waals surface area contributed by atoms with Gasteiger partial charge >= 0.3 is 11.9 Å². The lowest BCUT2D eigenvalue weighted by molar-refractivity contribution is -0.159. The predicted octanol–water partition coefficient (Wildman–Crippen LogP) is 6.97. The first-order chi connectivity index (χ1) is 22.8. The van der Waals surface area contributed by atoms with Gasteiger partial charge < -0.3 is 14.2 Å². The number of Topliss-reactive ketones (excluding diaryl/α,β-unsaturated/α-hetero) is 2. The largest absolute Gasteiger partial charge is 0.465 e. The Morgan fingerprint density at radius 1 is 0.745 bits per heavy atom. The van der Waals surface area contributed by atoms with Gasteiger partial charge in [-0.05, 0) is 55.5 Å². The smallest absolute Gasteiger partial charge is 0.338 e. The zero-order valence-electron chi connectivity index (χ0n) is 26.7. The summed E-state index contributed by atoms with van der Waals surface area (Å²) < 4.78 is 18.1. The van der Waals surface area contributed by atoms with Gasteiger partial charge in [-0.15, -0.1) is 0 Å². The molecule has 242 valence electrons.